The fraction of sp³-hybridized carbons (Fsp3) is 0.474. The molecule has 2 aliphatic heterocycles. The lowest BCUT2D eigenvalue weighted by molar-refractivity contribution is -0.139. The fourth-order valence-corrected chi connectivity index (χ4v) is 4.13. The number of carbonyl (C=O) groups excluding carboxylic acids is 1. The van der Waals surface area contributed by atoms with Gasteiger partial charge >= 0.3 is 0 Å². The smallest absolute Gasteiger partial charge is 0.230 e. The van der Waals surface area contributed by atoms with Crippen LogP contribution >= 0.6 is 0 Å². The second-order valence-corrected chi connectivity index (χ2v) is 7.06. The van der Waals surface area contributed by atoms with Crippen molar-refractivity contribution in [2.24, 2.45) is 5.41 Å². The lowest BCUT2D eigenvalue weighted by atomic mass is 9.78. The molecule has 1 unspecified atom stereocenters. The highest BCUT2D eigenvalue weighted by atomic mass is 16.3. The lowest BCUT2D eigenvalue weighted by Crippen LogP contribution is -2.47. The topological polar surface area (TPSA) is 49.6 Å². The molecule has 5 heteroatoms. The molecule has 4 heterocycles. The number of hydrogen-bond donors (Lipinski definition) is 0. The molecule has 0 bridgehead atoms. The zero-order chi connectivity index (χ0) is 16.4. The molecule has 0 N–H and O–H groups in total. The van der Waals surface area contributed by atoms with E-state index in [1.807, 2.05) is 23.1 Å². The Morgan fingerprint density at radius 3 is 2.75 bits per heavy atom. The lowest BCUT2D eigenvalue weighted by Gasteiger charge is -2.39. The number of pyridine rings is 1. The zero-order valence-corrected chi connectivity index (χ0v) is 13.9. The molecule has 24 heavy (non-hydrogen) atoms. The van der Waals surface area contributed by atoms with Crippen molar-refractivity contribution in [2.75, 3.05) is 19.6 Å². The van der Waals surface area contributed by atoms with Gasteiger partial charge in [0.25, 0.3) is 0 Å². The van der Waals surface area contributed by atoms with Crippen molar-refractivity contribution in [2.45, 2.75) is 32.4 Å². The van der Waals surface area contributed by atoms with Gasteiger partial charge in [0.15, 0.2) is 0 Å². The number of nitrogens with zero attached hydrogens (tertiary/aromatic N) is 3. The zero-order valence-electron chi connectivity index (χ0n) is 13.9. The first-order valence-corrected chi connectivity index (χ1v) is 8.67. The van der Waals surface area contributed by atoms with Crippen LogP contribution in [0.25, 0.3) is 0 Å². The highest BCUT2D eigenvalue weighted by Crippen LogP contribution is 2.41. The summed E-state index contributed by atoms with van der Waals surface area (Å²) in [5.41, 5.74) is 2.15. The predicted molar refractivity (Wildman–Crippen MR) is 89.9 cm³/mol. The van der Waals surface area contributed by atoms with Crippen molar-refractivity contribution < 1.29 is 9.21 Å². The summed E-state index contributed by atoms with van der Waals surface area (Å²) in [6.07, 6.45) is 10.2. The van der Waals surface area contributed by atoms with E-state index in [-0.39, 0.29) is 5.41 Å². The molecule has 2 aliphatic rings. The monoisotopic (exact) mass is 325 g/mol. The standard InChI is InChI=1S/C19H23N3O2/c23-18-19(6-10-22(18)13-16-2-7-20-8-3-16)5-1-9-21(15-19)12-17-4-11-24-14-17/h2-4,7-8,11,14H,1,5-6,9-10,12-13,15H2. The van der Waals surface area contributed by atoms with Gasteiger partial charge in [-0.15, -0.1) is 0 Å². The Kier molecular flexibility index (Phi) is 4.10. The molecule has 2 fully saturated rings. The molecule has 0 aromatic carbocycles. The second kappa shape index (κ2) is 6.40. The molecule has 5 nitrogen and oxygen atoms in total. The molecule has 126 valence electrons. The minimum Gasteiger partial charge on any atom is -0.472 e. The summed E-state index contributed by atoms with van der Waals surface area (Å²) in [5, 5.41) is 0. The van der Waals surface area contributed by atoms with Gasteiger partial charge in [-0.2, -0.15) is 0 Å². The number of rotatable bonds is 4. The second-order valence-electron chi connectivity index (χ2n) is 7.06. The molecule has 1 atom stereocenters. The molecule has 0 radical (unpaired) electrons. The maximum Gasteiger partial charge on any atom is 0.230 e. The number of furan rings is 1. The molecule has 1 amide bonds. The van der Waals surface area contributed by atoms with Crippen LogP contribution in [0.15, 0.2) is 47.5 Å². The van der Waals surface area contributed by atoms with Crippen LogP contribution in [0.5, 0.6) is 0 Å². The summed E-state index contributed by atoms with van der Waals surface area (Å²) >= 11 is 0. The Morgan fingerprint density at radius 1 is 1.08 bits per heavy atom. The van der Waals surface area contributed by atoms with Crippen LogP contribution in [0.2, 0.25) is 0 Å². The van der Waals surface area contributed by atoms with Crippen molar-refractivity contribution in [3.05, 3.63) is 54.2 Å². The Labute approximate surface area is 142 Å². The van der Waals surface area contributed by atoms with E-state index in [4.69, 9.17) is 4.42 Å². The van der Waals surface area contributed by atoms with Crippen LogP contribution in [-0.4, -0.2) is 40.3 Å². The Hall–Kier alpha value is -2.14. The van der Waals surface area contributed by atoms with Gasteiger partial charge in [0.05, 0.1) is 17.9 Å². The first kappa shape index (κ1) is 15.4. The summed E-state index contributed by atoms with van der Waals surface area (Å²) < 4.78 is 5.17. The van der Waals surface area contributed by atoms with Crippen LogP contribution in [0.1, 0.15) is 30.4 Å². The summed E-state index contributed by atoms with van der Waals surface area (Å²) in [4.78, 5) is 21.6. The molecule has 0 aliphatic carbocycles. The minimum absolute atomic E-state index is 0.185. The average molecular weight is 325 g/mol. The molecular weight excluding hydrogens is 302 g/mol. The van der Waals surface area contributed by atoms with E-state index in [1.54, 1.807) is 24.9 Å². The molecule has 2 aromatic heterocycles. The van der Waals surface area contributed by atoms with Crippen LogP contribution in [0, 0.1) is 5.41 Å². The number of piperidine rings is 1. The van der Waals surface area contributed by atoms with Crippen LogP contribution in [-0.2, 0) is 17.9 Å². The Balaban J connectivity index is 1.44. The first-order chi connectivity index (χ1) is 11.8. The first-order valence-electron chi connectivity index (χ1n) is 8.67. The van der Waals surface area contributed by atoms with Crippen molar-refractivity contribution in [1.29, 1.82) is 0 Å². The number of hydrogen-bond acceptors (Lipinski definition) is 4. The van der Waals surface area contributed by atoms with E-state index in [2.05, 4.69) is 9.88 Å². The maximum atomic E-state index is 13.1. The van der Waals surface area contributed by atoms with Gasteiger partial charge in [-0.1, -0.05) is 0 Å². The van der Waals surface area contributed by atoms with Gasteiger partial charge in [-0.05, 0) is 49.6 Å². The van der Waals surface area contributed by atoms with E-state index < -0.39 is 0 Å². The van der Waals surface area contributed by atoms with Gasteiger partial charge in [0.1, 0.15) is 0 Å². The number of carbonyl (C=O) groups is 1. The van der Waals surface area contributed by atoms with Crippen molar-refractivity contribution in [3.8, 4) is 0 Å². The van der Waals surface area contributed by atoms with E-state index in [9.17, 15) is 4.79 Å². The fourth-order valence-electron chi connectivity index (χ4n) is 4.13. The highest BCUT2D eigenvalue weighted by molar-refractivity contribution is 5.85. The third kappa shape index (κ3) is 2.96. The van der Waals surface area contributed by atoms with E-state index in [1.165, 1.54) is 5.56 Å². The molecule has 2 saturated heterocycles. The average Bonchev–Trinajstić information content (AvgIpc) is 3.21. The molecule has 4 rings (SSSR count). The molecular formula is C19H23N3O2. The van der Waals surface area contributed by atoms with Crippen molar-refractivity contribution >= 4 is 5.91 Å². The highest BCUT2D eigenvalue weighted by Gasteiger charge is 2.48. The van der Waals surface area contributed by atoms with E-state index in [0.717, 1.165) is 51.0 Å². The number of likely N-dealkylation sites (tertiary alicyclic amines) is 2. The number of aromatic nitrogens is 1. The number of amides is 1. The largest absolute Gasteiger partial charge is 0.472 e. The van der Waals surface area contributed by atoms with E-state index >= 15 is 0 Å². The SMILES string of the molecule is O=C1N(Cc2ccncc2)CCC12CCCN(Cc1ccoc1)C2. The van der Waals surface area contributed by atoms with Crippen molar-refractivity contribution in [3.63, 3.8) is 0 Å². The van der Waals surface area contributed by atoms with Crippen LogP contribution < -0.4 is 0 Å². The third-order valence-corrected chi connectivity index (χ3v) is 5.37. The van der Waals surface area contributed by atoms with Crippen molar-refractivity contribution in [1.82, 2.24) is 14.8 Å². The van der Waals surface area contributed by atoms with Crippen LogP contribution in [0.3, 0.4) is 0 Å². The third-order valence-electron chi connectivity index (χ3n) is 5.37. The van der Waals surface area contributed by atoms with Gasteiger partial charge < -0.3 is 9.32 Å². The molecule has 2 aromatic rings. The molecule has 1 spiro atoms. The quantitative estimate of drug-likeness (QED) is 0.867. The molecule has 0 saturated carbocycles. The summed E-state index contributed by atoms with van der Waals surface area (Å²) in [6, 6.07) is 5.99. The minimum atomic E-state index is -0.185. The summed E-state index contributed by atoms with van der Waals surface area (Å²) in [7, 11) is 0. The predicted octanol–water partition coefficient (Wildman–Crippen LogP) is 2.69. The normalized spacial score (nSPS) is 24.8. The van der Waals surface area contributed by atoms with E-state index in [0.29, 0.717) is 12.5 Å². The van der Waals surface area contributed by atoms with Gasteiger partial charge in [0, 0.05) is 44.1 Å². The Morgan fingerprint density at radius 2 is 1.96 bits per heavy atom. The maximum absolute atomic E-state index is 13.1. The van der Waals surface area contributed by atoms with Crippen LogP contribution in [0.4, 0.5) is 0 Å². The Bertz CT molecular complexity index is 686. The summed E-state index contributed by atoms with van der Waals surface area (Å²) in [6.45, 7) is 4.36. The van der Waals surface area contributed by atoms with Gasteiger partial charge in [0.2, 0.25) is 5.91 Å². The van der Waals surface area contributed by atoms with Gasteiger partial charge in [-0.3, -0.25) is 14.7 Å². The van der Waals surface area contributed by atoms with Gasteiger partial charge in [-0.25, -0.2) is 0 Å². The summed E-state index contributed by atoms with van der Waals surface area (Å²) in [5.74, 6) is 0.330.